The number of nitrogens with zero attached hydrogens (tertiary/aromatic N) is 3. The zero-order chi connectivity index (χ0) is 30.3. The van der Waals surface area contributed by atoms with Gasteiger partial charge in [-0.25, -0.2) is 0 Å². The Morgan fingerprint density at radius 1 is 0.884 bits per heavy atom. The molecule has 12 heteroatoms. The Hall–Kier alpha value is -2.92. The van der Waals surface area contributed by atoms with Gasteiger partial charge >= 0.3 is 0 Å². The summed E-state index contributed by atoms with van der Waals surface area (Å²) >= 11 is 17.7. The summed E-state index contributed by atoms with van der Waals surface area (Å²) in [6.45, 7) is 2.81. The van der Waals surface area contributed by atoms with Crippen LogP contribution in [0.5, 0.6) is 5.75 Å². The van der Waals surface area contributed by atoms with Gasteiger partial charge in [-0.15, -0.1) is 23.2 Å². The molecular weight excluding hydrogens is 661 g/mol. The number of anilines is 2. The molecule has 6 unspecified atom stereocenters. The van der Waals surface area contributed by atoms with Crippen molar-refractivity contribution in [3.8, 4) is 5.75 Å². The van der Waals surface area contributed by atoms with Crippen molar-refractivity contribution in [2.24, 2.45) is 17.8 Å². The number of alkyl halides is 3. The second kappa shape index (κ2) is 10.3. The molecule has 43 heavy (non-hydrogen) atoms. The summed E-state index contributed by atoms with van der Waals surface area (Å²) in [5.74, 6) is -4.77. The van der Waals surface area contributed by atoms with Gasteiger partial charge in [-0.05, 0) is 60.7 Å². The van der Waals surface area contributed by atoms with E-state index in [1.165, 1.54) is 17.0 Å². The number of amides is 4. The molecule has 2 aromatic carbocycles. The lowest BCUT2D eigenvalue weighted by atomic mass is 9.56. The molecular formula is C31H28BrCl2N3O6. The molecule has 1 N–H and O–H groups in total. The summed E-state index contributed by atoms with van der Waals surface area (Å²) < 4.78 is 5.44. The molecule has 4 amide bonds. The molecule has 7 rings (SSSR count). The number of phenolic OH excluding ortho intramolecular Hbond substituents is 1. The number of benzene rings is 2. The van der Waals surface area contributed by atoms with Crippen LogP contribution in [0.4, 0.5) is 11.4 Å². The highest BCUT2D eigenvalue weighted by Gasteiger charge is 2.76. The van der Waals surface area contributed by atoms with Crippen molar-refractivity contribution in [2.45, 2.75) is 28.5 Å². The normalized spacial score (nSPS) is 33.8. The summed E-state index contributed by atoms with van der Waals surface area (Å²) in [6.07, 6.45) is 2.11. The summed E-state index contributed by atoms with van der Waals surface area (Å²) in [5, 5.41) is 9.97. The van der Waals surface area contributed by atoms with Crippen molar-refractivity contribution in [1.29, 1.82) is 0 Å². The third kappa shape index (κ3) is 3.99. The van der Waals surface area contributed by atoms with Crippen LogP contribution in [-0.2, 0) is 23.9 Å². The van der Waals surface area contributed by atoms with Crippen LogP contribution in [0.2, 0.25) is 0 Å². The number of morpholine rings is 1. The highest BCUT2D eigenvalue weighted by atomic mass is 79.9. The average Bonchev–Trinajstić information content (AvgIpc) is 3.36. The van der Waals surface area contributed by atoms with Gasteiger partial charge in [0.15, 0.2) is 9.75 Å². The number of allylic oxidation sites excluding steroid dienone is 2. The number of fused-ring (bicyclic) bond motifs is 4. The van der Waals surface area contributed by atoms with Crippen molar-refractivity contribution in [1.82, 2.24) is 4.90 Å². The Morgan fingerprint density at radius 3 is 2.19 bits per heavy atom. The van der Waals surface area contributed by atoms with Gasteiger partial charge in [0.2, 0.25) is 11.8 Å². The molecule has 0 radical (unpaired) electrons. The SMILES string of the molecule is O=C1C2CC=C3C(CC4(Cl)C(=O)N(CBr)C(=O)C4(Cl)C3c3ccc(O)cc3)C2C(=O)N1c1ccc(N2CCOCC2)cc1. The van der Waals surface area contributed by atoms with E-state index < -0.39 is 45.2 Å². The molecule has 0 bridgehead atoms. The second-order valence-corrected chi connectivity index (χ2v) is 13.4. The first-order valence-electron chi connectivity index (χ1n) is 14.2. The van der Waals surface area contributed by atoms with Crippen LogP contribution in [-0.4, -0.2) is 75.1 Å². The fourth-order valence-electron chi connectivity index (χ4n) is 7.68. The maximum absolute atomic E-state index is 14.2. The number of rotatable bonds is 4. The Kier molecular flexibility index (Phi) is 6.92. The second-order valence-electron chi connectivity index (χ2n) is 11.7. The molecule has 224 valence electrons. The number of carbonyl (C=O) groups excluding carboxylic acids is 4. The fourth-order valence-corrected chi connectivity index (χ4v) is 9.11. The molecule has 5 aliphatic rings. The molecule has 3 saturated heterocycles. The average molecular weight is 689 g/mol. The maximum Gasteiger partial charge on any atom is 0.254 e. The van der Waals surface area contributed by atoms with E-state index in [4.69, 9.17) is 27.9 Å². The first-order chi connectivity index (χ1) is 20.6. The monoisotopic (exact) mass is 687 g/mol. The highest BCUT2D eigenvalue weighted by Crippen LogP contribution is 2.65. The van der Waals surface area contributed by atoms with Gasteiger partial charge in [-0.3, -0.25) is 29.0 Å². The maximum atomic E-state index is 14.2. The van der Waals surface area contributed by atoms with E-state index in [2.05, 4.69) is 20.8 Å². The van der Waals surface area contributed by atoms with Crippen LogP contribution < -0.4 is 9.80 Å². The van der Waals surface area contributed by atoms with Crippen molar-refractivity contribution in [3.05, 3.63) is 65.7 Å². The summed E-state index contributed by atoms with van der Waals surface area (Å²) in [6, 6.07) is 13.6. The third-order valence-electron chi connectivity index (χ3n) is 9.73. The Balaban J connectivity index is 1.28. The Morgan fingerprint density at radius 2 is 1.53 bits per heavy atom. The van der Waals surface area contributed by atoms with Crippen LogP contribution >= 0.6 is 39.1 Å². The van der Waals surface area contributed by atoms with Crippen LogP contribution in [0.25, 0.3) is 0 Å². The van der Waals surface area contributed by atoms with E-state index in [-0.39, 0.29) is 35.9 Å². The van der Waals surface area contributed by atoms with Crippen molar-refractivity contribution < 1.29 is 29.0 Å². The summed E-state index contributed by atoms with van der Waals surface area (Å²) in [5.41, 5.74) is 2.68. The van der Waals surface area contributed by atoms with Gasteiger partial charge in [-0.2, -0.15) is 0 Å². The number of phenols is 1. The number of halogens is 3. The Bertz CT molecular complexity index is 1560. The van der Waals surface area contributed by atoms with E-state index in [0.29, 0.717) is 30.0 Å². The zero-order valence-corrected chi connectivity index (χ0v) is 26.0. The number of aromatic hydroxyl groups is 1. The van der Waals surface area contributed by atoms with E-state index in [1.54, 1.807) is 24.3 Å². The van der Waals surface area contributed by atoms with Crippen LogP contribution in [0.1, 0.15) is 24.3 Å². The van der Waals surface area contributed by atoms with Crippen molar-refractivity contribution >= 4 is 74.1 Å². The number of imide groups is 2. The molecule has 3 heterocycles. The number of hydrogen-bond acceptors (Lipinski definition) is 7. The van der Waals surface area contributed by atoms with E-state index in [9.17, 15) is 24.3 Å². The van der Waals surface area contributed by atoms with Gasteiger partial charge < -0.3 is 14.7 Å². The van der Waals surface area contributed by atoms with E-state index >= 15 is 0 Å². The first kappa shape index (κ1) is 28.8. The smallest absolute Gasteiger partial charge is 0.254 e. The Labute approximate surface area is 266 Å². The molecule has 2 aliphatic carbocycles. The highest BCUT2D eigenvalue weighted by molar-refractivity contribution is 9.09. The summed E-state index contributed by atoms with van der Waals surface area (Å²) in [7, 11) is 0. The van der Waals surface area contributed by atoms with Gasteiger partial charge in [-0.1, -0.05) is 39.7 Å². The largest absolute Gasteiger partial charge is 0.508 e. The number of likely N-dealkylation sites (tertiary alicyclic amines) is 1. The molecule has 3 aliphatic heterocycles. The fraction of sp³-hybridized carbons (Fsp3) is 0.419. The third-order valence-corrected chi connectivity index (χ3v) is 11.6. The van der Waals surface area contributed by atoms with Crippen LogP contribution in [0, 0.1) is 17.8 Å². The topological polar surface area (TPSA) is 107 Å². The first-order valence-corrected chi connectivity index (χ1v) is 16.1. The zero-order valence-electron chi connectivity index (χ0n) is 22.9. The van der Waals surface area contributed by atoms with Gasteiger partial charge in [0.05, 0.1) is 36.2 Å². The molecule has 0 spiro atoms. The van der Waals surface area contributed by atoms with E-state index in [0.717, 1.165) is 23.7 Å². The molecule has 6 atom stereocenters. The van der Waals surface area contributed by atoms with Crippen molar-refractivity contribution in [2.75, 3.05) is 41.6 Å². The predicted molar refractivity (Wildman–Crippen MR) is 163 cm³/mol. The van der Waals surface area contributed by atoms with Crippen molar-refractivity contribution in [3.63, 3.8) is 0 Å². The molecule has 9 nitrogen and oxygen atoms in total. The van der Waals surface area contributed by atoms with Gasteiger partial charge in [0, 0.05) is 24.7 Å². The molecule has 2 aromatic rings. The van der Waals surface area contributed by atoms with Gasteiger partial charge in [0.1, 0.15) is 5.75 Å². The lowest BCUT2D eigenvalue weighted by Crippen LogP contribution is -2.60. The van der Waals surface area contributed by atoms with Crippen LogP contribution in [0.15, 0.2) is 60.2 Å². The lowest BCUT2D eigenvalue weighted by molar-refractivity contribution is -0.138. The standard InChI is InChI=1S/C31H28BrCl2N3O6/c32-16-36-28(41)30(33)15-23-21(25(31(30,34)29(36)42)17-1-7-20(38)8-2-17)9-10-22-24(23)27(40)37(26(22)39)19-5-3-18(4-6-19)35-11-13-43-14-12-35/h1-9,22-25,38H,10-16H2. The minimum atomic E-state index is -1.87. The molecule has 4 fully saturated rings. The summed E-state index contributed by atoms with van der Waals surface area (Å²) in [4.78, 5) is 56.3. The lowest BCUT2D eigenvalue weighted by Gasteiger charge is -2.50. The predicted octanol–water partition coefficient (Wildman–Crippen LogP) is 4.14. The number of ether oxygens (including phenoxy) is 1. The quantitative estimate of drug-likeness (QED) is 0.223. The molecule has 0 aromatic heterocycles. The number of hydrogen-bond donors (Lipinski definition) is 1. The van der Waals surface area contributed by atoms with E-state index in [1.807, 2.05) is 18.2 Å². The molecule has 1 saturated carbocycles. The minimum absolute atomic E-state index is 0.0253. The van der Waals surface area contributed by atoms with Crippen LogP contribution in [0.3, 0.4) is 0 Å². The minimum Gasteiger partial charge on any atom is -0.508 e. The van der Waals surface area contributed by atoms with Gasteiger partial charge in [0.25, 0.3) is 11.8 Å². The number of carbonyl (C=O) groups is 4.